The van der Waals surface area contributed by atoms with Crippen molar-refractivity contribution in [2.45, 2.75) is 11.4 Å². The zero-order chi connectivity index (χ0) is 16.2. The second-order valence-corrected chi connectivity index (χ2v) is 5.38. The average Bonchev–Trinajstić information content (AvgIpc) is 2.54. The number of ether oxygens (including phenoxy) is 1. The molecule has 23 heavy (non-hydrogen) atoms. The Morgan fingerprint density at radius 2 is 1.17 bits per heavy atom. The average molecular weight is 310 g/mol. The third-order valence-corrected chi connectivity index (χ3v) is 4.12. The van der Waals surface area contributed by atoms with Crippen LogP contribution in [0.2, 0.25) is 0 Å². The van der Waals surface area contributed by atoms with Crippen molar-refractivity contribution < 1.29 is 24.5 Å². The lowest BCUT2D eigenvalue weighted by atomic mass is 9.88. The Hall–Kier alpha value is -3.06. The minimum Gasteiger partial charge on any atom is -0.545 e. The third-order valence-electron chi connectivity index (χ3n) is 4.12. The lowest BCUT2D eigenvalue weighted by Gasteiger charge is -2.54. The maximum atomic E-state index is 11.9. The summed E-state index contributed by atoms with van der Waals surface area (Å²) < 4.78 is 5.53. The van der Waals surface area contributed by atoms with Crippen LogP contribution in [0.5, 0.6) is 0 Å². The Morgan fingerprint density at radius 1 is 0.783 bits per heavy atom. The smallest absolute Gasteiger partial charge is 0.211 e. The molecule has 0 radical (unpaired) electrons. The van der Waals surface area contributed by atoms with Gasteiger partial charge in [-0.05, 0) is 12.1 Å². The molecule has 2 atom stereocenters. The maximum absolute atomic E-state index is 11.9. The molecule has 0 saturated carbocycles. The molecule has 2 bridgehead atoms. The summed E-state index contributed by atoms with van der Waals surface area (Å²) in [5.74, 6) is -3.18. The van der Waals surface area contributed by atoms with Crippen LogP contribution in [-0.4, -0.2) is 11.9 Å². The van der Waals surface area contributed by atoms with Gasteiger partial charge in [-0.15, -0.1) is 0 Å². The van der Waals surface area contributed by atoms with Gasteiger partial charge in [-0.3, -0.25) is 0 Å². The van der Waals surface area contributed by atoms with Crippen LogP contribution in [0.15, 0.2) is 48.5 Å². The van der Waals surface area contributed by atoms with Crippen LogP contribution in [-0.2, 0) is 25.8 Å². The van der Waals surface area contributed by atoms with Gasteiger partial charge in [-0.1, -0.05) is 36.4 Å². The van der Waals surface area contributed by atoms with Gasteiger partial charge in [0.05, 0.1) is 11.9 Å². The van der Waals surface area contributed by atoms with Crippen molar-refractivity contribution in [3.63, 3.8) is 0 Å². The molecule has 0 saturated heterocycles. The van der Waals surface area contributed by atoms with Crippen molar-refractivity contribution in [1.82, 2.24) is 0 Å². The molecule has 0 aliphatic carbocycles. The normalized spacial score (nSPS) is 27.0. The second-order valence-electron chi connectivity index (χ2n) is 5.38. The number of carboxylic acids is 2. The first-order chi connectivity index (χ1) is 11.0. The number of anilines is 2. The number of para-hydroxylation sites is 2. The van der Waals surface area contributed by atoms with Crippen molar-refractivity contribution in [3.8, 4) is 0 Å². The second kappa shape index (κ2) is 4.23. The monoisotopic (exact) mass is 310 g/mol. The highest BCUT2D eigenvalue weighted by Crippen LogP contribution is 2.50. The van der Waals surface area contributed by atoms with Gasteiger partial charge in [0.2, 0.25) is 11.4 Å². The van der Waals surface area contributed by atoms with Gasteiger partial charge >= 0.3 is 0 Å². The molecule has 0 spiro atoms. The molecule has 2 aromatic rings. The quantitative estimate of drug-likeness (QED) is 0.736. The molecule has 2 N–H and O–H groups in total. The number of hydrogen-bond donors (Lipinski definition) is 2. The van der Waals surface area contributed by atoms with Crippen LogP contribution < -0.4 is 20.8 Å². The Labute approximate surface area is 130 Å². The van der Waals surface area contributed by atoms with Crippen LogP contribution in [0.3, 0.4) is 0 Å². The van der Waals surface area contributed by atoms with E-state index in [2.05, 4.69) is 10.6 Å². The first kappa shape index (κ1) is 13.6. The molecule has 7 nitrogen and oxygen atoms in total. The van der Waals surface area contributed by atoms with Crippen molar-refractivity contribution in [1.29, 1.82) is 0 Å². The summed E-state index contributed by atoms with van der Waals surface area (Å²) in [7, 11) is 0. The number of fused-ring (bicyclic) bond motifs is 6. The minimum atomic E-state index is -2.13. The lowest BCUT2D eigenvalue weighted by molar-refractivity contribution is -0.352. The van der Waals surface area contributed by atoms with E-state index in [1.54, 1.807) is 36.4 Å². The van der Waals surface area contributed by atoms with E-state index in [1.807, 2.05) is 0 Å². The topological polar surface area (TPSA) is 114 Å². The van der Waals surface area contributed by atoms with Crippen molar-refractivity contribution in [3.05, 3.63) is 59.7 Å². The minimum absolute atomic E-state index is 0.228. The number of carboxylic acid groups (broad SMARTS) is 2. The molecule has 2 aliphatic heterocycles. The lowest BCUT2D eigenvalue weighted by Crippen LogP contribution is -2.68. The van der Waals surface area contributed by atoms with E-state index in [0.717, 1.165) is 0 Å². The van der Waals surface area contributed by atoms with Crippen LogP contribution in [0.25, 0.3) is 0 Å². The van der Waals surface area contributed by atoms with E-state index in [0.29, 0.717) is 11.4 Å². The van der Waals surface area contributed by atoms with Crippen molar-refractivity contribution in [2.75, 3.05) is 10.6 Å². The highest BCUT2D eigenvalue weighted by Gasteiger charge is 2.56. The van der Waals surface area contributed by atoms with E-state index in [4.69, 9.17) is 4.74 Å². The Bertz CT molecular complexity index is 782. The van der Waals surface area contributed by atoms with Gasteiger partial charge in [0.25, 0.3) is 0 Å². The highest BCUT2D eigenvalue weighted by molar-refractivity contribution is 5.93. The number of hydrogen-bond acceptors (Lipinski definition) is 7. The Morgan fingerprint density at radius 3 is 1.57 bits per heavy atom. The van der Waals surface area contributed by atoms with Gasteiger partial charge in [0, 0.05) is 22.5 Å². The van der Waals surface area contributed by atoms with E-state index < -0.39 is 23.4 Å². The van der Waals surface area contributed by atoms with Crippen molar-refractivity contribution in [2.24, 2.45) is 0 Å². The van der Waals surface area contributed by atoms with E-state index >= 15 is 0 Å². The number of carbonyl (C=O) groups is 2. The SMILES string of the molecule is O=C([O-])C12Nc3ccccc3C(C(=O)[O-])(Nc3ccccc31)O2. The predicted octanol–water partition coefficient (Wildman–Crippen LogP) is -0.940. The van der Waals surface area contributed by atoms with Crippen LogP contribution in [0.1, 0.15) is 11.1 Å². The van der Waals surface area contributed by atoms with Gasteiger partial charge in [-0.25, -0.2) is 0 Å². The number of carbonyl (C=O) groups excluding carboxylic acids is 2. The fraction of sp³-hybridized carbons (Fsp3) is 0.125. The Balaban J connectivity index is 2.08. The largest absolute Gasteiger partial charge is 0.545 e. The van der Waals surface area contributed by atoms with Crippen LogP contribution in [0, 0.1) is 0 Å². The highest BCUT2D eigenvalue weighted by atomic mass is 16.6. The third kappa shape index (κ3) is 1.56. The van der Waals surface area contributed by atoms with Crippen LogP contribution >= 0.6 is 0 Å². The van der Waals surface area contributed by atoms with E-state index in [1.165, 1.54) is 12.1 Å². The summed E-state index contributed by atoms with van der Waals surface area (Å²) in [5, 5.41) is 29.3. The zero-order valence-electron chi connectivity index (χ0n) is 11.7. The molecule has 116 valence electrons. The number of rotatable bonds is 2. The molecule has 0 amide bonds. The van der Waals surface area contributed by atoms with Crippen LogP contribution in [0.4, 0.5) is 11.4 Å². The summed E-state index contributed by atoms with van der Waals surface area (Å²) in [6.45, 7) is 0. The first-order valence-corrected chi connectivity index (χ1v) is 6.88. The summed E-state index contributed by atoms with van der Waals surface area (Å²) in [6, 6.07) is 12.8. The molecule has 0 aromatic heterocycles. The summed E-state index contributed by atoms with van der Waals surface area (Å²) >= 11 is 0. The van der Waals surface area contributed by atoms with E-state index in [9.17, 15) is 19.8 Å². The molecular weight excluding hydrogens is 300 g/mol. The molecule has 4 rings (SSSR count). The Kier molecular flexibility index (Phi) is 2.50. The maximum Gasteiger partial charge on any atom is 0.211 e. The van der Waals surface area contributed by atoms with Gasteiger partial charge in [0.1, 0.15) is 0 Å². The number of benzene rings is 2. The fourth-order valence-electron chi connectivity index (χ4n) is 3.11. The predicted molar refractivity (Wildman–Crippen MR) is 74.6 cm³/mol. The molecule has 7 heteroatoms. The summed E-state index contributed by atoms with van der Waals surface area (Å²) in [4.78, 5) is 23.8. The van der Waals surface area contributed by atoms with Crippen molar-refractivity contribution >= 4 is 23.3 Å². The molecule has 2 aromatic carbocycles. The molecule has 2 aliphatic rings. The molecule has 2 unspecified atom stereocenters. The van der Waals surface area contributed by atoms with Gasteiger partial charge in [0.15, 0.2) is 0 Å². The van der Waals surface area contributed by atoms with Gasteiger partial charge < -0.3 is 35.2 Å². The first-order valence-electron chi connectivity index (χ1n) is 6.88. The summed E-state index contributed by atoms with van der Waals surface area (Å²) in [6.07, 6.45) is 0. The van der Waals surface area contributed by atoms with Gasteiger partial charge in [-0.2, -0.15) is 0 Å². The standard InChI is InChI=1S/C16H12N2O5/c19-13(20)15-9-5-1-3-7-11(9)17-16(23-15,14(21)22)10-6-2-4-8-12(10)18-15/h1-8,17-18H,(H,19,20)(H,21,22)/p-2. The molecular formula is C16H10N2O5-2. The molecule has 0 fully saturated rings. The number of nitrogens with one attached hydrogen (secondary N) is 2. The van der Waals surface area contributed by atoms with E-state index in [-0.39, 0.29) is 11.1 Å². The molecule has 2 heterocycles. The fourth-order valence-corrected chi connectivity index (χ4v) is 3.11. The number of aliphatic carboxylic acids is 2. The summed E-state index contributed by atoms with van der Waals surface area (Å²) in [5.41, 5.74) is -3.17. The zero-order valence-corrected chi connectivity index (χ0v) is 11.7.